The second-order valence-electron chi connectivity index (χ2n) is 7.24. The number of nitrogens with zero attached hydrogens (tertiary/aromatic N) is 3. The van der Waals surface area contributed by atoms with Gasteiger partial charge in [-0.3, -0.25) is 9.47 Å². The lowest BCUT2D eigenvalue weighted by Gasteiger charge is -2.32. The summed E-state index contributed by atoms with van der Waals surface area (Å²) >= 11 is 0. The maximum absolute atomic E-state index is 12.0. The molecule has 1 aliphatic carbocycles. The Labute approximate surface area is 147 Å². The Morgan fingerprint density at radius 2 is 2.08 bits per heavy atom. The van der Waals surface area contributed by atoms with Crippen LogP contribution in [0.5, 0.6) is 0 Å². The van der Waals surface area contributed by atoms with Crippen LogP contribution >= 0.6 is 0 Å². The summed E-state index contributed by atoms with van der Waals surface area (Å²) in [4.78, 5) is 18.5. The van der Waals surface area contributed by atoms with Crippen LogP contribution < -0.4 is 17.2 Å². The molecule has 2 aromatic rings. The predicted octanol–water partition coefficient (Wildman–Crippen LogP) is 0.953. The zero-order chi connectivity index (χ0) is 17.4. The number of rotatable bonds is 3. The topological polar surface area (TPSA) is 90.2 Å². The monoisotopic (exact) mass is 339 g/mol. The van der Waals surface area contributed by atoms with E-state index in [1.54, 1.807) is 16.8 Å². The summed E-state index contributed by atoms with van der Waals surface area (Å²) < 4.78 is 1.55. The summed E-state index contributed by atoms with van der Waals surface area (Å²) in [5, 5.41) is 0. The van der Waals surface area contributed by atoms with Crippen LogP contribution in [0, 0.1) is 5.92 Å². The summed E-state index contributed by atoms with van der Waals surface area (Å²) in [5.41, 5.74) is 14.7. The van der Waals surface area contributed by atoms with Gasteiger partial charge < -0.3 is 11.5 Å². The van der Waals surface area contributed by atoms with Gasteiger partial charge in [0.1, 0.15) is 5.82 Å². The minimum Gasteiger partial charge on any atom is -0.383 e. The number of benzene rings is 1. The van der Waals surface area contributed by atoms with E-state index >= 15 is 0 Å². The molecule has 1 saturated heterocycles. The lowest BCUT2D eigenvalue weighted by atomic mass is 9.87. The number of aromatic nitrogens is 2. The van der Waals surface area contributed by atoms with Gasteiger partial charge in [-0.05, 0) is 74.0 Å². The molecule has 4 rings (SSSR count). The summed E-state index contributed by atoms with van der Waals surface area (Å²) in [6, 6.07) is 8.56. The van der Waals surface area contributed by atoms with Crippen LogP contribution in [0.4, 0.5) is 5.82 Å². The molecule has 0 spiro atoms. The van der Waals surface area contributed by atoms with E-state index in [2.05, 4.69) is 22.0 Å². The number of nitrogens with two attached hydrogens (primary N) is 2. The molecular formula is C19H25N5O. The minimum absolute atomic E-state index is 0.253. The van der Waals surface area contributed by atoms with Crippen molar-refractivity contribution in [1.29, 1.82) is 0 Å². The molecule has 2 aliphatic rings. The van der Waals surface area contributed by atoms with Crippen molar-refractivity contribution in [3.05, 3.63) is 52.1 Å². The Bertz CT molecular complexity index is 831. The Morgan fingerprint density at radius 3 is 2.84 bits per heavy atom. The number of aryl methyl sites for hydroxylation is 1. The highest BCUT2D eigenvalue weighted by atomic mass is 16.1. The number of hydrogen-bond donors (Lipinski definition) is 2. The highest BCUT2D eigenvalue weighted by Crippen LogP contribution is 2.29. The first kappa shape index (κ1) is 16.3. The van der Waals surface area contributed by atoms with Gasteiger partial charge in [-0.1, -0.05) is 6.07 Å². The normalized spacial score (nSPS) is 23.6. The van der Waals surface area contributed by atoms with Crippen LogP contribution in [0.15, 0.2) is 35.3 Å². The Hall–Kier alpha value is -2.18. The van der Waals surface area contributed by atoms with Crippen molar-refractivity contribution in [3.63, 3.8) is 0 Å². The third kappa shape index (κ3) is 3.19. The Kier molecular flexibility index (Phi) is 4.31. The molecule has 0 saturated carbocycles. The van der Waals surface area contributed by atoms with Crippen LogP contribution in [0.3, 0.4) is 0 Å². The summed E-state index contributed by atoms with van der Waals surface area (Å²) in [6.07, 6.45) is 6.22. The van der Waals surface area contributed by atoms with Gasteiger partial charge in [0.15, 0.2) is 0 Å². The maximum atomic E-state index is 12.0. The highest BCUT2D eigenvalue weighted by Gasteiger charge is 2.30. The van der Waals surface area contributed by atoms with Crippen LogP contribution in [0.2, 0.25) is 0 Å². The average molecular weight is 339 g/mol. The van der Waals surface area contributed by atoms with Crippen LogP contribution in [0.1, 0.15) is 24.0 Å². The number of nitrogen functional groups attached to an aromatic ring is 1. The van der Waals surface area contributed by atoms with Gasteiger partial charge in [-0.25, -0.2) is 4.79 Å². The van der Waals surface area contributed by atoms with Gasteiger partial charge in [0.05, 0.1) is 5.69 Å². The smallest absolute Gasteiger partial charge is 0.354 e. The minimum atomic E-state index is -0.335. The molecule has 2 heterocycles. The number of anilines is 1. The Morgan fingerprint density at radius 1 is 1.20 bits per heavy atom. The predicted molar refractivity (Wildman–Crippen MR) is 98.8 cm³/mol. The van der Waals surface area contributed by atoms with Gasteiger partial charge in [0.25, 0.3) is 0 Å². The molecule has 132 valence electrons. The van der Waals surface area contributed by atoms with E-state index in [0.29, 0.717) is 12.0 Å². The second kappa shape index (κ2) is 6.61. The molecule has 4 N–H and O–H groups in total. The van der Waals surface area contributed by atoms with Crippen molar-refractivity contribution in [2.75, 3.05) is 25.4 Å². The molecule has 0 bridgehead atoms. The van der Waals surface area contributed by atoms with Gasteiger partial charge in [0.2, 0.25) is 0 Å². The first-order valence-corrected chi connectivity index (χ1v) is 9.05. The number of fused-ring (bicyclic) bond motifs is 1. The van der Waals surface area contributed by atoms with Crippen molar-refractivity contribution in [2.24, 2.45) is 11.7 Å². The summed E-state index contributed by atoms with van der Waals surface area (Å²) in [7, 11) is 0. The van der Waals surface area contributed by atoms with Gasteiger partial charge in [-0.2, -0.15) is 4.98 Å². The molecule has 0 radical (unpaired) electrons. The fraction of sp³-hybridized carbons (Fsp3) is 0.474. The molecule has 6 nitrogen and oxygen atoms in total. The van der Waals surface area contributed by atoms with Crippen molar-refractivity contribution < 1.29 is 0 Å². The number of hydrogen-bond acceptors (Lipinski definition) is 5. The Balaban J connectivity index is 1.54. The van der Waals surface area contributed by atoms with E-state index < -0.39 is 0 Å². The third-order valence-electron chi connectivity index (χ3n) is 5.66. The van der Waals surface area contributed by atoms with Crippen molar-refractivity contribution >= 4 is 5.82 Å². The van der Waals surface area contributed by atoms with E-state index in [0.717, 1.165) is 31.6 Å². The lowest BCUT2D eigenvalue weighted by molar-refractivity contribution is 0.215. The second-order valence-corrected chi connectivity index (χ2v) is 7.24. The van der Waals surface area contributed by atoms with Crippen molar-refractivity contribution in [1.82, 2.24) is 14.5 Å². The first-order chi connectivity index (χ1) is 12.1. The molecule has 1 aromatic heterocycles. The average Bonchev–Trinajstić information content (AvgIpc) is 3.10. The first-order valence-electron chi connectivity index (χ1n) is 9.05. The molecule has 1 aromatic carbocycles. The standard InChI is InChI=1S/C19H25N5O/c20-11-13-5-7-23(12-13)16-3-1-15-10-17(4-2-14(15)9-16)24-8-6-18(21)22-19(24)25/h2,4,6,8,10,13,16H,1,3,5,7,9,11-12,20H2,(H2,21,22,25). The summed E-state index contributed by atoms with van der Waals surface area (Å²) in [6.45, 7) is 3.11. The summed E-state index contributed by atoms with van der Waals surface area (Å²) in [5.74, 6) is 0.914. The molecule has 0 amide bonds. The zero-order valence-corrected chi connectivity index (χ0v) is 14.4. The largest absolute Gasteiger partial charge is 0.383 e. The molecular weight excluding hydrogens is 314 g/mol. The third-order valence-corrected chi connectivity index (χ3v) is 5.66. The zero-order valence-electron chi connectivity index (χ0n) is 14.4. The van der Waals surface area contributed by atoms with E-state index in [4.69, 9.17) is 11.5 Å². The quantitative estimate of drug-likeness (QED) is 0.869. The fourth-order valence-corrected chi connectivity index (χ4v) is 4.18. The SMILES string of the molecule is NCC1CCN(C2CCc3cc(-n4ccc(N)nc4=O)ccc3C2)C1. The van der Waals surface area contributed by atoms with Crippen LogP contribution in [-0.4, -0.2) is 40.1 Å². The molecule has 2 atom stereocenters. The maximum Gasteiger partial charge on any atom is 0.354 e. The van der Waals surface area contributed by atoms with Crippen molar-refractivity contribution in [2.45, 2.75) is 31.7 Å². The molecule has 6 heteroatoms. The van der Waals surface area contributed by atoms with E-state index in [1.165, 1.54) is 30.5 Å². The van der Waals surface area contributed by atoms with E-state index in [1.807, 2.05) is 6.07 Å². The molecule has 1 fully saturated rings. The van der Waals surface area contributed by atoms with E-state index in [-0.39, 0.29) is 11.5 Å². The van der Waals surface area contributed by atoms with Gasteiger partial charge in [0, 0.05) is 18.8 Å². The van der Waals surface area contributed by atoms with Gasteiger partial charge in [-0.15, -0.1) is 0 Å². The number of likely N-dealkylation sites (tertiary alicyclic amines) is 1. The lowest BCUT2D eigenvalue weighted by Crippen LogP contribution is -2.38. The van der Waals surface area contributed by atoms with Crippen LogP contribution in [-0.2, 0) is 12.8 Å². The van der Waals surface area contributed by atoms with Crippen molar-refractivity contribution in [3.8, 4) is 5.69 Å². The molecule has 2 unspecified atom stereocenters. The van der Waals surface area contributed by atoms with Crippen LogP contribution in [0.25, 0.3) is 5.69 Å². The molecule has 1 aliphatic heterocycles. The molecule has 25 heavy (non-hydrogen) atoms. The van der Waals surface area contributed by atoms with Gasteiger partial charge >= 0.3 is 5.69 Å². The fourth-order valence-electron chi connectivity index (χ4n) is 4.18. The highest BCUT2D eigenvalue weighted by molar-refractivity contribution is 5.43. The van der Waals surface area contributed by atoms with E-state index in [9.17, 15) is 4.79 Å².